The molecular formula is C12H24BrNO2S. The molecule has 0 aromatic heterocycles. The normalized spacial score (nSPS) is 21.9. The van der Waals surface area contributed by atoms with Crippen molar-refractivity contribution in [1.82, 2.24) is 4.90 Å². The molecule has 0 aromatic carbocycles. The van der Waals surface area contributed by atoms with Crippen LogP contribution < -0.4 is 0 Å². The molecule has 17 heavy (non-hydrogen) atoms. The van der Waals surface area contributed by atoms with E-state index in [1.54, 1.807) is 13.8 Å². The molecule has 1 aliphatic heterocycles. The molecule has 0 N–H and O–H groups in total. The van der Waals surface area contributed by atoms with E-state index in [-0.39, 0.29) is 5.25 Å². The van der Waals surface area contributed by atoms with E-state index in [4.69, 9.17) is 0 Å². The Morgan fingerprint density at radius 2 is 1.76 bits per heavy atom. The van der Waals surface area contributed by atoms with E-state index in [9.17, 15) is 8.42 Å². The van der Waals surface area contributed by atoms with Crippen LogP contribution in [-0.4, -0.2) is 48.8 Å². The summed E-state index contributed by atoms with van der Waals surface area (Å²) in [6.45, 7) is 8.48. The van der Waals surface area contributed by atoms with Gasteiger partial charge >= 0.3 is 0 Å². The predicted molar refractivity (Wildman–Crippen MR) is 76.5 cm³/mol. The maximum atomic E-state index is 11.7. The molecule has 5 heteroatoms. The lowest BCUT2D eigenvalue weighted by Crippen LogP contribution is -2.39. The first kappa shape index (κ1) is 15.4. The van der Waals surface area contributed by atoms with Crippen molar-refractivity contribution in [2.45, 2.75) is 43.7 Å². The molecule has 1 heterocycles. The Morgan fingerprint density at radius 1 is 1.24 bits per heavy atom. The van der Waals surface area contributed by atoms with Gasteiger partial charge in [-0.1, -0.05) is 22.9 Å². The molecule has 1 atom stereocenters. The molecule has 0 aliphatic carbocycles. The fraction of sp³-hybridized carbons (Fsp3) is 1.00. The van der Waals surface area contributed by atoms with Gasteiger partial charge in [0.2, 0.25) is 0 Å². The van der Waals surface area contributed by atoms with Crippen molar-refractivity contribution >= 4 is 25.8 Å². The quantitative estimate of drug-likeness (QED) is 0.728. The van der Waals surface area contributed by atoms with E-state index in [0.717, 1.165) is 19.0 Å². The monoisotopic (exact) mass is 325 g/mol. The van der Waals surface area contributed by atoms with E-state index in [1.165, 1.54) is 12.8 Å². The predicted octanol–water partition coefficient (Wildman–Crippen LogP) is 2.31. The number of piperidine rings is 1. The fourth-order valence-electron chi connectivity index (χ4n) is 2.13. The largest absolute Gasteiger partial charge is 0.302 e. The summed E-state index contributed by atoms with van der Waals surface area (Å²) in [5.41, 5.74) is 0. The Morgan fingerprint density at radius 3 is 2.18 bits per heavy atom. The number of nitrogens with zero attached hydrogens (tertiary/aromatic N) is 1. The number of hydrogen-bond acceptors (Lipinski definition) is 3. The molecule has 102 valence electrons. The SMILES string of the molecule is CC(Br)C1CCN(CCS(=O)(=O)C(C)C)CC1. The zero-order chi connectivity index (χ0) is 13.1. The molecule has 0 amide bonds. The zero-order valence-corrected chi connectivity index (χ0v) is 13.4. The number of likely N-dealkylation sites (tertiary alicyclic amines) is 1. The Bertz CT molecular complexity index is 319. The summed E-state index contributed by atoms with van der Waals surface area (Å²) < 4.78 is 23.4. The first-order valence-corrected chi connectivity index (χ1v) is 9.04. The minimum atomic E-state index is -2.88. The second-order valence-electron chi connectivity index (χ2n) is 5.27. The standard InChI is InChI=1S/C12H24BrNO2S/c1-10(2)17(15,16)9-8-14-6-4-12(5-7-14)11(3)13/h10-12H,4-9H2,1-3H3. The lowest BCUT2D eigenvalue weighted by atomic mass is 9.94. The lowest BCUT2D eigenvalue weighted by molar-refractivity contribution is 0.194. The smallest absolute Gasteiger partial charge is 0.153 e. The van der Waals surface area contributed by atoms with Gasteiger partial charge in [0.1, 0.15) is 0 Å². The summed E-state index contributed by atoms with van der Waals surface area (Å²) in [7, 11) is -2.88. The first-order chi connectivity index (χ1) is 7.83. The van der Waals surface area contributed by atoms with Crippen LogP contribution in [0.4, 0.5) is 0 Å². The molecule has 0 aromatic rings. The summed E-state index contributed by atoms with van der Waals surface area (Å²) in [4.78, 5) is 2.86. The summed E-state index contributed by atoms with van der Waals surface area (Å²) in [6, 6.07) is 0. The van der Waals surface area contributed by atoms with Gasteiger partial charge in [0, 0.05) is 11.4 Å². The summed E-state index contributed by atoms with van der Waals surface area (Å²) in [5, 5.41) is -0.248. The lowest BCUT2D eigenvalue weighted by Gasteiger charge is -2.33. The Labute approximate surface area is 114 Å². The van der Waals surface area contributed by atoms with Crippen molar-refractivity contribution < 1.29 is 8.42 Å². The first-order valence-electron chi connectivity index (χ1n) is 6.41. The summed E-state index contributed by atoms with van der Waals surface area (Å²) in [6.07, 6.45) is 2.35. The van der Waals surface area contributed by atoms with Gasteiger partial charge in [-0.05, 0) is 45.7 Å². The van der Waals surface area contributed by atoms with Crippen LogP contribution >= 0.6 is 15.9 Å². The third kappa shape index (κ3) is 4.87. The summed E-state index contributed by atoms with van der Waals surface area (Å²) >= 11 is 3.63. The molecule has 3 nitrogen and oxygen atoms in total. The molecule has 0 radical (unpaired) electrons. The van der Waals surface area contributed by atoms with Crippen molar-refractivity contribution in [2.24, 2.45) is 5.92 Å². The van der Waals surface area contributed by atoms with Gasteiger partial charge in [-0.25, -0.2) is 8.42 Å². The molecule has 1 unspecified atom stereocenters. The maximum Gasteiger partial charge on any atom is 0.153 e. The van der Waals surface area contributed by atoms with Crippen LogP contribution in [0.25, 0.3) is 0 Å². The van der Waals surface area contributed by atoms with E-state index in [0.29, 0.717) is 17.1 Å². The van der Waals surface area contributed by atoms with E-state index >= 15 is 0 Å². The van der Waals surface area contributed by atoms with Crippen LogP contribution in [0.15, 0.2) is 0 Å². The summed E-state index contributed by atoms with van der Waals surface area (Å²) in [5.74, 6) is 1.05. The number of hydrogen-bond donors (Lipinski definition) is 0. The van der Waals surface area contributed by atoms with Gasteiger partial charge in [0.05, 0.1) is 11.0 Å². The molecule has 1 fully saturated rings. The van der Waals surface area contributed by atoms with Gasteiger partial charge in [-0.2, -0.15) is 0 Å². The molecular weight excluding hydrogens is 302 g/mol. The third-order valence-electron chi connectivity index (χ3n) is 3.69. The van der Waals surface area contributed by atoms with Crippen molar-refractivity contribution in [3.05, 3.63) is 0 Å². The van der Waals surface area contributed by atoms with Gasteiger partial charge in [0.15, 0.2) is 9.84 Å². The van der Waals surface area contributed by atoms with Crippen LogP contribution in [-0.2, 0) is 9.84 Å². The fourth-order valence-corrected chi connectivity index (χ4v) is 3.64. The number of halogens is 1. The Balaban J connectivity index is 2.32. The highest BCUT2D eigenvalue weighted by Crippen LogP contribution is 2.24. The van der Waals surface area contributed by atoms with Crippen molar-refractivity contribution in [1.29, 1.82) is 0 Å². The third-order valence-corrected chi connectivity index (χ3v) is 6.63. The average molecular weight is 326 g/mol. The molecule has 0 spiro atoms. The molecule has 1 aliphatic rings. The molecule has 0 saturated carbocycles. The highest BCUT2D eigenvalue weighted by atomic mass is 79.9. The number of sulfone groups is 1. The van der Waals surface area contributed by atoms with Crippen LogP contribution in [0, 0.1) is 5.92 Å². The van der Waals surface area contributed by atoms with E-state index < -0.39 is 9.84 Å². The number of rotatable bonds is 5. The Hall–Kier alpha value is 0.390. The van der Waals surface area contributed by atoms with Gasteiger partial charge in [-0.3, -0.25) is 0 Å². The van der Waals surface area contributed by atoms with Crippen LogP contribution in [0.1, 0.15) is 33.6 Å². The molecule has 0 bridgehead atoms. The van der Waals surface area contributed by atoms with Crippen LogP contribution in [0.2, 0.25) is 0 Å². The topological polar surface area (TPSA) is 37.4 Å². The minimum absolute atomic E-state index is 0.248. The van der Waals surface area contributed by atoms with E-state index in [1.807, 2.05) is 0 Å². The van der Waals surface area contributed by atoms with Gasteiger partial charge in [0.25, 0.3) is 0 Å². The van der Waals surface area contributed by atoms with Crippen molar-refractivity contribution in [3.63, 3.8) is 0 Å². The number of alkyl halides is 1. The van der Waals surface area contributed by atoms with E-state index in [2.05, 4.69) is 27.8 Å². The molecule has 1 rings (SSSR count). The van der Waals surface area contributed by atoms with Crippen LogP contribution in [0.3, 0.4) is 0 Å². The van der Waals surface area contributed by atoms with Crippen LogP contribution in [0.5, 0.6) is 0 Å². The highest BCUT2D eigenvalue weighted by molar-refractivity contribution is 9.09. The maximum absolute atomic E-state index is 11.7. The van der Waals surface area contributed by atoms with Gasteiger partial charge in [-0.15, -0.1) is 0 Å². The second kappa shape index (κ2) is 6.53. The van der Waals surface area contributed by atoms with Crippen molar-refractivity contribution in [2.75, 3.05) is 25.4 Å². The highest BCUT2D eigenvalue weighted by Gasteiger charge is 2.24. The zero-order valence-electron chi connectivity index (χ0n) is 11.0. The minimum Gasteiger partial charge on any atom is -0.302 e. The molecule has 1 saturated heterocycles. The average Bonchev–Trinajstić information content (AvgIpc) is 2.27. The Kier molecular flexibility index (Phi) is 5.93. The second-order valence-corrected chi connectivity index (χ2v) is 9.39. The van der Waals surface area contributed by atoms with Crippen molar-refractivity contribution in [3.8, 4) is 0 Å². The van der Waals surface area contributed by atoms with Gasteiger partial charge < -0.3 is 4.90 Å².